The predicted octanol–water partition coefficient (Wildman–Crippen LogP) is 3.54. The fourth-order valence-corrected chi connectivity index (χ4v) is 3.30. The van der Waals surface area contributed by atoms with E-state index in [9.17, 15) is 5.26 Å². The molecule has 0 radical (unpaired) electrons. The Morgan fingerprint density at radius 2 is 2.00 bits per heavy atom. The molecule has 0 saturated heterocycles. The first-order valence-corrected chi connectivity index (χ1v) is 7.91. The lowest BCUT2D eigenvalue weighted by Crippen LogP contribution is -2.25. The van der Waals surface area contributed by atoms with E-state index in [0.717, 1.165) is 41.2 Å². The largest absolute Gasteiger partial charge is 0.303 e. The molecule has 2 aromatic rings. The molecule has 1 aromatic heterocycles. The summed E-state index contributed by atoms with van der Waals surface area (Å²) in [4.78, 5) is 7.79. The van der Waals surface area contributed by atoms with Crippen LogP contribution in [-0.4, -0.2) is 35.3 Å². The van der Waals surface area contributed by atoms with Gasteiger partial charge in [-0.15, -0.1) is 11.8 Å². The van der Waals surface area contributed by atoms with Gasteiger partial charge in [0.25, 0.3) is 0 Å². The molecule has 0 amide bonds. The number of thioether (sulfide) groups is 1. The van der Waals surface area contributed by atoms with Gasteiger partial charge in [-0.05, 0) is 19.2 Å². The van der Waals surface area contributed by atoms with Crippen LogP contribution in [0.2, 0.25) is 0 Å². The van der Waals surface area contributed by atoms with Crippen molar-refractivity contribution in [2.24, 2.45) is 0 Å². The Hall–Kier alpha value is -1.57. The van der Waals surface area contributed by atoms with E-state index in [2.05, 4.69) is 29.8 Å². The fraction of sp³-hybridized carbons (Fsp3) is 0.375. The van der Waals surface area contributed by atoms with Crippen LogP contribution in [-0.2, 0) is 0 Å². The van der Waals surface area contributed by atoms with Crippen LogP contribution in [0, 0.1) is 11.3 Å². The van der Waals surface area contributed by atoms with Gasteiger partial charge >= 0.3 is 0 Å². The van der Waals surface area contributed by atoms with Gasteiger partial charge in [-0.2, -0.15) is 5.26 Å². The smallest absolute Gasteiger partial charge is 0.102 e. The highest BCUT2D eigenvalue weighted by molar-refractivity contribution is 7.99. The maximum atomic E-state index is 9.27. The third kappa shape index (κ3) is 3.30. The number of benzene rings is 1. The molecule has 0 N–H and O–H groups in total. The predicted molar refractivity (Wildman–Crippen MR) is 85.0 cm³/mol. The summed E-state index contributed by atoms with van der Waals surface area (Å²) in [5, 5.41) is 10.3. The van der Waals surface area contributed by atoms with Crippen LogP contribution < -0.4 is 0 Å². The lowest BCUT2D eigenvalue weighted by Gasteiger charge is -2.17. The molecule has 0 fully saturated rings. The van der Waals surface area contributed by atoms with E-state index in [0.29, 0.717) is 5.56 Å². The number of hydrogen-bond acceptors (Lipinski definition) is 4. The van der Waals surface area contributed by atoms with E-state index in [4.69, 9.17) is 0 Å². The van der Waals surface area contributed by atoms with Crippen LogP contribution in [0.1, 0.15) is 19.4 Å². The molecule has 0 bridgehead atoms. The molecule has 4 heteroatoms. The van der Waals surface area contributed by atoms with Crippen LogP contribution in [0.15, 0.2) is 35.4 Å². The lowest BCUT2D eigenvalue weighted by atomic mass is 10.2. The summed E-state index contributed by atoms with van der Waals surface area (Å²) in [6, 6.07) is 10.3. The van der Waals surface area contributed by atoms with E-state index in [1.165, 1.54) is 0 Å². The Morgan fingerprint density at radius 3 is 2.70 bits per heavy atom. The first-order valence-electron chi connectivity index (χ1n) is 6.93. The van der Waals surface area contributed by atoms with Gasteiger partial charge in [-0.25, -0.2) is 0 Å². The van der Waals surface area contributed by atoms with E-state index in [-0.39, 0.29) is 0 Å². The summed E-state index contributed by atoms with van der Waals surface area (Å²) in [6.07, 6.45) is 1.68. The summed E-state index contributed by atoms with van der Waals surface area (Å²) < 4.78 is 0. The van der Waals surface area contributed by atoms with Crippen molar-refractivity contribution in [2.75, 3.05) is 25.4 Å². The zero-order valence-corrected chi connectivity index (χ0v) is 12.8. The zero-order valence-electron chi connectivity index (χ0n) is 12.0. The average molecular weight is 285 g/mol. The van der Waals surface area contributed by atoms with E-state index in [1.54, 1.807) is 18.0 Å². The van der Waals surface area contributed by atoms with Crippen molar-refractivity contribution in [1.29, 1.82) is 5.26 Å². The maximum absolute atomic E-state index is 9.27. The second kappa shape index (κ2) is 7.28. The normalized spacial score (nSPS) is 10.9. The third-order valence-corrected chi connectivity index (χ3v) is 4.51. The van der Waals surface area contributed by atoms with Crippen molar-refractivity contribution in [2.45, 2.75) is 18.7 Å². The van der Waals surface area contributed by atoms with Crippen LogP contribution >= 0.6 is 11.8 Å². The minimum absolute atomic E-state index is 0.674. The van der Waals surface area contributed by atoms with Gasteiger partial charge in [0.05, 0.1) is 11.1 Å². The molecule has 0 saturated carbocycles. The topological polar surface area (TPSA) is 39.9 Å². The second-order valence-electron chi connectivity index (χ2n) is 4.51. The van der Waals surface area contributed by atoms with E-state index < -0.39 is 0 Å². The molecule has 1 heterocycles. The quantitative estimate of drug-likeness (QED) is 0.761. The standard InChI is InChI=1S/C16H19N3S/c1-3-19(4-2)9-10-20-16-13(11-17)12-18-15-8-6-5-7-14(15)16/h5-8,12H,3-4,9-10H2,1-2H3. The van der Waals surface area contributed by atoms with Crippen molar-refractivity contribution >= 4 is 22.7 Å². The van der Waals surface area contributed by atoms with E-state index in [1.807, 2.05) is 24.3 Å². The van der Waals surface area contributed by atoms with Crippen molar-refractivity contribution in [3.8, 4) is 6.07 Å². The first kappa shape index (κ1) is 14.8. The molecule has 1 aromatic carbocycles. The second-order valence-corrected chi connectivity index (χ2v) is 5.61. The van der Waals surface area contributed by atoms with Crippen molar-refractivity contribution in [3.63, 3.8) is 0 Å². The number of pyridine rings is 1. The van der Waals surface area contributed by atoms with Crippen molar-refractivity contribution in [3.05, 3.63) is 36.0 Å². The Labute approximate surface area is 124 Å². The monoisotopic (exact) mass is 285 g/mol. The third-order valence-electron chi connectivity index (χ3n) is 3.39. The summed E-state index contributed by atoms with van der Waals surface area (Å²) in [5.41, 5.74) is 1.63. The van der Waals surface area contributed by atoms with Crippen LogP contribution in [0.25, 0.3) is 10.9 Å². The molecule has 0 unspecified atom stereocenters. The average Bonchev–Trinajstić information content (AvgIpc) is 2.51. The van der Waals surface area contributed by atoms with Crippen molar-refractivity contribution in [1.82, 2.24) is 9.88 Å². The molecule has 0 aliphatic heterocycles. The lowest BCUT2D eigenvalue weighted by molar-refractivity contribution is 0.324. The molecule has 20 heavy (non-hydrogen) atoms. The fourth-order valence-electron chi connectivity index (χ4n) is 2.17. The Kier molecular flexibility index (Phi) is 5.40. The minimum atomic E-state index is 0.674. The van der Waals surface area contributed by atoms with E-state index >= 15 is 0 Å². The first-order chi connectivity index (χ1) is 9.80. The van der Waals surface area contributed by atoms with Gasteiger partial charge in [-0.1, -0.05) is 32.0 Å². The van der Waals surface area contributed by atoms with Gasteiger partial charge in [0.15, 0.2) is 0 Å². The van der Waals surface area contributed by atoms with Gasteiger partial charge in [0.2, 0.25) is 0 Å². The zero-order chi connectivity index (χ0) is 14.4. The molecule has 0 spiro atoms. The summed E-state index contributed by atoms with van der Waals surface area (Å²) in [7, 11) is 0. The van der Waals surface area contributed by atoms with Gasteiger partial charge < -0.3 is 4.90 Å². The molecular formula is C16H19N3S. The number of fused-ring (bicyclic) bond motifs is 1. The highest BCUT2D eigenvalue weighted by Gasteiger charge is 2.09. The minimum Gasteiger partial charge on any atom is -0.303 e. The highest BCUT2D eigenvalue weighted by Crippen LogP contribution is 2.29. The van der Waals surface area contributed by atoms with Gasteiger partial charge in [0.1, 0.15) is 6.07 Å². The number of hydrogen-bond donors (Lipinski definition) is 0. The SMILES string of the molecule is CCN(CC)CCSc1c(C#N)cnc2ccccc12. The Morgan fingerprint density at radius 1 is 1.25 bits per heavy atom. The molecular weight excluding hydrogens is 266 g/mol. The summed E-state index contributed by atoms with van der Waals surface area (Å²) >= 11 is 1.76. The van der Waals surface area contributed by atoms with Crippen molar-refractivity contribution < 1.29 is 0 Å². The Bertz CT molecular complexity index is 615. The molecule has 0 aliphatic carbocycles. The number of nitriles is 1. The molecule has 3 nitrogen and oxygen atoms in total. The number of rotatable bonds is 6. The van der Waals surface area contributed by atoms with Crippen LogP contribution in [0.3, 0.4) is 0 Å². The summed E-state index contributed by atoms with van der Waals surface area (Å²) in [5.74, 6) is 0.990. The molecule has 0 aliphatic rings. The van der Waals surface area contributed by atoms with Crippen LogP contribution in [0.5, 0.6) is 0 Å². The molecule has 2 rings (SSSR count). The van der Waals surface area contributed by atoms with Crippen LogP contribution in [0.4, 0.5) is 0 Å². The number of para-hydroxylation sites is 1. The maximum Gasteiger partial charge on any atom is 0.102 e. The van der Waals surface area contributed by atoms with Gasteiger partial charge in [0, 0.05) is 28.8 Å². The van der Waals surface area contributed by atoms with Gasteiger partial charge in [-0.3, -0.25) is 4.98 Å². The number of nitrogens with zero attached hydrogens (tertiary/aromatic N) is 3. The molecule has 104 valence electrons. The molecule has 0 atom stereocenters. The number of aromatic nitrogens is 1. The highest BCUT2D eigenvalue weighted by atomic mass is 32.2. The Balaban J connectivity index is 2.21. The summed E-state index contributed by atoms with van der Waals surface area (Å²) in [6.45, 7) is 7.53.